The van der Waals surface area contributed by atoms with Crippen molar-refractivity contribution >= 4 is 28.2 Å². The van der Waals surface area contributed by atoms with Crippen molar-refractivity contribution in [1.29, 1.82) is 5.26 Å². The SMILES string of the molecule is COc1cc(Cl)c(C)c2c(N(C)C)c(C#N)cnc12. The fourth-order valence-corrected chi connectivity index (χ4v) is 2.35. The van der Waals surface area contributed by atoms with Crippen LogP contribution in [0.4, 0.5) is 5.69 Å². The first-order chi connectivity index (χ1) is 9.01. The molecular weight excluding hydrogens is 262 g/mol. The maximum atomic E-state index is 9.23. The van der Waals surface area contributed by atoms with Crippen LogP contribution in [0.5, 0.6) is 5.75 Å². The van der Waals surface area contributed by atoms with Gasteiger partial charge in [-0.1, -0.05) is 11.6 Å². The van der Waals surface area contributed by atoms with Gasteiger partial charge in [-0.25, -0.2) is 0 Å². The smallest absolute Gasteiger partial charge is 0.146 e. The number of pyridine rings is 1. The van der Waals surface area contributed by atoms with Gasteiger partial charge in [0.15, 0.2) is 0 Å². The number of halogens is 1. The van der Waals surface area contributed by atoms with Gasteiger partial charge in [-0.3, -0.25) is 4.98 Å². The number of aromatic nitrogens is 1. The quantitative estimate of drug-likeness (QED) is 0.845. The number of benzene rings is 1. The molecular formula is C14H14ClN3O. The van der Waals surface area contributed by atoms with Crippen LogP contribution in [0.2, 0.25) is 5.02 Å². The van der Waals surface area contributed by atoms with E-state index >= 15 is 0 Å². The Morgan fingerprint density at radius 2 is 2.11 bits per heavy atom. The zero-order chi connectivity index (χ0) is 14.2. The van der Waals surface area contributed by atoms with E-state index < -0.39 is 0 Å². The van der Waals surface area contributed by atoms with Gasteiger partial charge >= 0.3 is 0 Å². The molecule has 1 heterocycles. The zero-order valence-electron chi connectivity index (χ0n) is 11.3. The van der Waals surface area contributed by atoms with Gasteiger partial charge in [0.25, 0.3) is 0 Å². The van der Waals surface area contributed by atoms with Crippen molar-refractivity contribution in [3.05, 3.63) is 28.4 Å². The molecule has 98 valence electrons. The van der Waals surface area contributed by atoms with E-state index in [1.807, 2.05) is 25.9 Å². The summed E-state index contributed by atoms with van der Waals surface area (Å²) in [6.45, 7) is 1.92. The molecule has 0 saturated carbocycles. The minimum Gasteiger partial charge on any atom is -0.494 e. The Morgan fingerprint density at radius 3 is 2.63 bits per heavy atom. The molecule has 0 aliphatic heterocycles. The van der Waals surface area contributed by atoms with Crippen LogP contribution in [0.3, 0.4) is 0 Å². The van der Waals surface area contributed by atoms with E-state index in [9.17, 15) is 5.26 Å². The Bertz CT molecular complexity index is 689. The Kier molecular flexibility index (Phi) is 3.50. The number of nitriles is 1. The summed E-state index contributed by atoms with van der Waals surface area (Å²) in [5, 5.41) is 10.7. The molecule has 19 heavy (non-hydrogen) atoms. The van der Waals surface area contributed by atoms with E-state index in [0.717, 1.165) is 16.6 Å². The summed E-state index contributed by atoms with van der Waals surface area (Å²) in [5.74, 6) is 0.609. The second kappa shape index (κ2) is 4.94. The van der Waals surface area contributed by atoms with Gasteiger partial charge in [0, 0.05) is 36.8 Å². The highest BCUT2D eigenvalue weighted by molar-refractivity contribution is 6.33. The van der Waals surface area contributed by atoms with Crippen molar-refractivity contribution in [2.45, 2.75) is 6.92 Å². The third-order valence-electron chi connectivity index (χ3n) is 3.06. The first-order valence-electron chi connectivity index (χ1n) is 5.74. The van der Waals surface area contributed by atoms with Crippen LogP contribution in [0.15, 0.2) is 12.3 Å². The standard InChI is InChI=1S/C14H14ClN3O/c1-8-10(15)5-11(19-4)13-12(8)14(18(2)3)9(6-16)7-17-13/h5,7H,1-4H3. The average Bonchev–Trinajstić information content (AvgIpc) is 2.41. The lowest BCUT2D eigenvalue weighted by Gasteiger charge is -2.19. The Morgan fingerprint density at radius 1 is 1.42 bits per heavy atom. The fourth-order valence-electron chi connectivity index (χ4n) is 2.16. The number of nitrogens with zero attached hydrogens (tertiary/aromatic N) is 3. The van der Waals surface area contributed by atoms with Crippen molar-refractivity contribution in [3.63, 3.8) is 0 Å². The van der Waals surface area contributed by atoms with Crippen molar-refractivity contribution in [3.8, 4) is 11.8 Å². The Balaban J connectivity index is 3.03. The summed E-state index contributed by atoms with van der Waals surface area (Å²) in [7, 11) is 5.36. The van der Waals surface area contributed by atoms with Gasteiger partial charge < -0.3 is 9.64 Å². The minimum atomic E-state index is 0.518. The van der Waals surface area contributed by atoms with Gasteiger partial charge in [0.1, 0.15) is 17.3 Å². The molecule has 0 radical (unpaired) electrons. The van der Waals surface area contributed by atoms with E-state index in [0.29, 0.717) is 21.9 Å². The first kappa shape index (κ1) is 13.4. The van der Waals surface area contributed by atoms with Crippen molar-refractivity contribution in [2.75, 3.05) is 26.1 Å². The van der Waals surface area contributed by atoms with E-state index in [-0.39, 0.29) is 0 Å². The van der Waals surface area contributed by atoms with Crippen LogP contribution in [0, 0.1) is 18.3 Å². The molecule has 5 heteroatoms. The molecule has 0 fully saturated rings. The first-order valence-corrected chi connectivity index (χ1v) is 6.12. The third-order valence-corrected chi connectivity index (χ3v) is 3.46. The van der Waals surface area contributed by atoms with Crippen molar-refractivity contribution in [1.82, 2.24) is 4.98 Å². The summed E-state index contributed by atoms with van der Waals surface area (Å²) in [6.07, 6.45) is 1.56. The molecule has 0 spiro atoms. The topological polar surface area (TPSA) is 49.1 Å². The number of hydrogen-bond acceptors (Lipinski definition) is 4. The molecule has 0 aliphatic carbocycles. The number of aryl methyl sites for hydroxylation is 1. The van der Waals surface area contributed by atoms with Crippen LogP contribution in [0.25, 0.3) is 10.9 Å². The van der Waals surface area contributed by atoms with E-state index in [1.54, 1.807) is 19.4 Å². The summed E-state index contributed by atoms with van der Waals surface area (Å²) in [5.41, 5.74) is 2.94. The average molecular weight is 276 g/mol. The van der Waals surface area contributed by atoms with Crippen molar-refractivity contribution in [2.24, 2.45) is 0 Å². The molecule has 0 amide bonds. The lowest BCUT2D eigenvalue weighted by molar-refractivity contribution is 0.419. The van der Waals surface area contributed by atoms with E-state index in [1.165, 1.54) is 0 Å². The highest BCUT2D eigenvalue weighted by atomic mass is 35.5. The predicted octanol–water partition coefficient (Wildman–Crippen LogP) is 3.14. The monoisotopic (exact) mass is 275 g/mol. The highest BCUT2D eigenvalue weighted by Crippen LogP contribution is 2.38. The predicted molar refractivity (Wildman–Crippen MR) is 77.1 cm³/mol. The van der Waals surface area contributed by atoms with Gasteiger partial charge in [0.2, 0.25) is 0 Å². The molecule has 1 aromatic heterocycles. The number of ether oxygens (including phenoxy) is 1. The largest absolute Gasteiger partial charge is 0.494 e. The second-order valence-electron chi connectivity index (χ2n) is 4.44. The molecule has 1 aromatic carbocycles. The van der Waals surface area contributed by atoms with E-state index in [2.05, 4.69) is 11.1 Å². The lowest BCUT2D eigenvalue weighted by atomic mass is 10.0. The molecule has 0 saturated heterocycles. The maximum Gasteiger partial charge on any atom is 0.146 e. The van der Waals surface area contributed by atoms with Gasteiger partial charge in [-0.15, -0.1) is 0 Å². The van der Waals surface area contributed by atoms with Crippen LogP contribution in [-0.2, 0) is 0 Å². The molecule has 2 aromatic rings. The summed E-state index contributed by atoms with van der Waals surface area (Å²) in [6, 6.07) is 3.91. The van der Waals surface area contributed by atoms with Crippen LogP contribution < -0.4 is 9.64 Å². The van der Waals surface area contributed by atoms with Crippen molar-refractivity contribution < 1.29 is 4.74 Å². The lowest BCUT2D eigenvalue weighted by Crippen LogP contribution is -2.12. The van der Waals surface area contributed by atoms with Crippen LogP contribution >= 0.6 is 11.6 Å². The third kappa shape index (κ3) is 2.06. The number of rotatable bonds is 2. The number of methoxy groups -OCH3 is 1. The second-order valence-corrected chi connectivity index (χ2v) is 4.84. The summed E-state index contributed by atoms with van der Waals surface area (Å²) in [4.78, 5) is 6.23. The summed E-state index contributed by atoms with van der Waals surface area (Å²) < 4.78 is 5.32. The summed E-state index contributed by atoms with van der Waals surface area (Å²) >= 11 is 6.23. The van der Waals surface area contributed by atoms with Crippen LogP contribution in [-0.4, -0.2) is 26.2 Å². The highest BCUT2D eigenvalue weighted by Gasteiger charge is 2.17. The molecule has 0 aliphatic rings. The number of hydrogen-bond donors (Lipinski definition) is 0. The molecule has 0 N–H and O–H groups in total. The van der Waals surface area contributed by atoms with Gasteiger partial charge in [-0.05, 0) is 12.5 Å². The van der Waals surface area contributed by atoms with E-state index in [4.69, 9.17) is 16.3 Å². The zero-order valence-corrected chi connectivity index (χ0v) is 12.0. The number of anilines is 1. The number of fused-ring (bicyclic) bond motifs is 1. The maximum absolute atomic E-state index is 9.23. The van der Waals surface area contributed by atoms with Gasteiger partial charge in [0.05, 0.1) is 18.4 Å². The molecule has 4 nitrogen and oxygen atoms in total. The minimum absolute atomic E-state index is 0.518. The molecule has 0 unspecified atom stereocenters. The molecule has 2 rings (SSSR count). The molecule has 0 atom stereocenters. The molecule has 0 bridgehead atoms. The normalized spacial score (nSPS) is 10.3. The Labute approximate surface area is 117 Å². The Hall–Kier alpha value is -1.99. The van der Waals surface area contributed by atoms with Crippen LogP contribution in [0.1, 0.15) is 11.1 Å². The fraction of sp³-hybridized carbons (Fsp3) is 0.286. The van der Waals surface area contributed by atoms with Gasteiger partial charge in [-0.2, -0.15) is 5.26 Å².